The lowest BCUT2D eigenvalue weighted by Gasteiger charge is -2.41. The molecule has 0 heterocycles. The molecule has 1 fully saturated rings. The van der Waals surface area contributed by atoms with E-state index in [2.05, 4.69) is 24.2 Å². The number of likely N-dealkylation sites (N-methyl/N-ethyl adjacent to an activating group) is 2. The van der Waals surface area contributed by atoms with Gasteiger partial charge in [-0.15, -0.1) is 0 Å². The standard InChI is InChI=1S/C12H26N2O/c1-4-13-9-11-14(2)10-8-12(15-3)6-5-7-12/h13H,4-11H2,1-3H3. The van der Waals surface area contributed by atoms with Gasteiger partial charge in [0.15, 0.2) is 0 Å². The van der Waals surface area contributed by atoms with Crippen molar-refractivity contribution < 1.29 is 4.74 Å². The molecule has 15 heavy (non-hydrogen) atoms. The average Bonchev–Trinajstić information content (AvgIpc) is 2.17. The van der Waals surface area contributed by atoms with Crippen molar-refractivity contribution in [3.05, 3.63) is 0 Å². The summed E-state index contributed by atoms with van der Waals surface area (Å²) in [4.78, 5) is 2.39. The summed E-state index contributed by atoms with van der Waals surface area (Å²) < 4.78 is 5.61. The molecule has 0 bridgehead atoms. The van der Waals surface area contributed by atoms with Gasteiger partial charge in [0.25, 0.3) is 0 Å². The highest BCUT2D eigenvalue weighted by Crippen LogP contribution is 2.37. The van der Waals surface area contributed by atoms with Gasteiger partial charge in [-0.1, -0.05) is 6.92 Å². The molecule has 0 amide bonds. The zero-order chi connectivity index (χ0) is 11.1. The minimum Gasteiger partial charge on any atom is -0.378 e. The van der Waals surface area contributed by atoms with Crippen LogP contribution >= 0.6 is 0 Å². The molecule has 1 rings (SSSR count). The Hall–Kier alpha value is -0.120. The lowest BCUT2D eigenvalue weighted by molar-refractivity contribution is -0.0810. The van der Waals surface area contributed by atoms with Crippen LogP contribution in [-0.4, -0.2) is 50.8 Å². The molecule has 1 aliphatic carbocycles. The van der Waals surface area contributed by atoms with Crippen molar-refractivity contribution in [2.24, 2.45) is 0 Å². The van der Waals surface area contributed by atoms with Crippen molar-refractivity contribution in [3.63, 3.8) is 0 Å². The first-order chi connectivity index (χ1) is 7.22. The average molecular weight is 214 g/mol. The molecule has 0 aromatic rings. The monoisotopic (exact) mass is 214 g/mol. The van der Waals surface area contributed by atoms with Crippen LogP contribution in [0.5, 0.6) is 0 Å². The second-order valence-corrected chi connectivity index (χ2v) is 4.65. The zero-order valence-electron chi connectivity index (χ0n) is 10.5. The van der Waals surface area contributed by atoms with E-state index in [4.69, 9.17) is 4.74 Å². The largest absolute Gasteiger partial charge is 0.378 e. The number of methoxy groups -OCH3 is 1. The summed E-state index contributed by atoms with van der Waals surface area (Å²) in [5.74, 6) is 0. The Labute approximate surface area is 94.2 Å². The molecule has 0 aromatic carbocycles. The summed E-state index contributed by atoms with van der Waals surface area (Å²) in [6, 6.07) is 0. The number of hydrogen-bond acceptors (Lipinski definition) is 3. The number of ether oxygens (including phenoxy) is 1. The van der Waals surface area contributed by atoms with E-state index in [0.29, 0.717) is 0 Å². The van der Waals surface area contributed by atoms with Gasteiger partial charge in [-0.05, 0) is 39.3 Å². The van der Waals surface area contributed by atoms with Gasteiger partial charge in [0, 0.05) is 26.7 Å². The Balaban J connectivity index is 2.07. The maximum atomic E-state index is 5.61. The van der Waals surface area contributed by atoms with Crippen molar-refractivity contribution in [1.82, 2.24) is 10.2 Å². The van der Waals surface area contributed by atoms with Crippen molar-refractivity contribution >= 4 is 0 Å². The fraction of sp³-hybridized carbons (Fsp3) is 1.00. The van der Waals surface area contributed by atoms with E-state index >= 15 is 0 Å². The molecular formula is C12H26N2O. The molecule has 0 radical (unpaired) electrons. The number of hydrogen-bond donors (Lipinski definition) is 1. The van der Waals surface area contributed by atoms with Crippen molar-refractivity contribution in [2.45, 2.75) is 38.2 Å². The molecule has 1 N–H and O–H groups in total. The fourth-order valence-corrected chi connectivity index (χ4v) is 2.08. The first-order valence-corrected chi connectivity index (χ1v) is 6.17. The predicted octanol–water partition coefficient (Wildman–Crippen LogP) is 1.49. The molecule has 1 saturated carbocycles. The van der Waals surface area contributed by atoms with Gasteiger partial charge in [0.05, 0.1) is 5.60 Å². The third-order valence-electron chi connectivity index (χ3n) is 3.57. The highest BCUT2D eigenvalue weighted by Gasteiger charge is 2.36. The van der Waals surface area contributed by atoms with E-state index in [1.54, 1.807) is 0 Å². The summed E-state index contributed by atoms with van der Waals surface area (Å²) in [5.41, 5.74) is 0.229. The lowest BCUT2D eigenvalue weighted by Crippen LogP contribution is -2.42. The molecule has 0 aromatic heterocycles. The van der Waals surface area contributed by atoms with Crippen LogP contribution in [0.15, 0.2) is 0 Å². The first-order valence-electron chi connectivity index (χ1n) is 6.17. The van der Waals surface area contributed by atoms with Gasteiger partial charge < -0.3 is 15.0 Å². The second-order valence-electron chi connectivity index (χ2n) is 4.65. The highest BCUT2D eigenvalue weighted by atomic mass is 16.5. The van der Waals surface area contributed by atoms with Crippen LogP contribution in [0.1, 0.15) is 32.6 Å². The van der Waals surface area contributed by atoms with E-state index in [-0.39, 0.29) is 5.60 Å². The summed E-state index contributed by atoms with van der Waals surface area (Å²) in [7, 11) is 4.05. The van der Waals surface area contributed by atoms with Gasteiger partial charge >= 0.3 is 0 Å². The molecule has 0 unspecified atom stereocenters. The van der Waals surface area contributed by atoms with Crippen LogP contribution in [0.2, 0.25) is 0 Å². The first kappa shape index (κ1) is 12.9. The van der Waals surface area contributed by atoms with Gasteiger partial charge in [0.2, 0.25) is 0 Å². The zero-order valence-corrected chi connectivity index (χ0v) is 10.5. The van der Waals surface area contributed by atoms with Crippen molar-refractivity contribution in [2.75, 3.05) is 40.3 Å². The van der Waals surface area contributed by atoms with Crippen LogP contribution in [0.3, 0.4) is 0 Å². The summed E-state index contributed by atoms with van der Waals surface area (Å²) in [5, 5.41) is 3.35. The quantitative estimate of drug-likeness (QED) is 0.620. The number of rotatable bonds is 8. The third kappa shape index (κ3) is 4.09. The topological polar surface area (TPSA) is 24.5 Å². The Morgan fingerprint density at radius 2 is 2.07 bits per heavy atom. The van der Waals surface area contributed by atoms with Crippen LogP contribution < -0.4 is 5.32 Å². The smallest absolute Gasteiger partial charge is 0.0691 e. The van der Waals surface area contributed by atoms with E-state index in [1.807, 2.05) is 7.11 Å². The molecule has 0 aliphatic heterocycles. The highest BCUT2D eigenvalue weighted by molar-refractivity contribution is 4.89. The fourth-order valence-electron chi connectivity index (χ4n) is 2.08. The van der Waals surface area contributed by atoms with Crippen LogP contribution in [0, 0.1) is 0 Å². The van der Waals surface area contributed by atoms with E-state index in [1.165, 1.54) is 25.7 Å². The second kappa shape index (κ2) is 6.46. The maximum absolute atomic E-state index is 5.61. The predicted molar refractivity (Wildman–Crippen MR) is 64.2 cm³/mol. The van der Waals surface area contributed by atoms with Crippen molar-refractivity contribution in [3.8, 4) is 0 Å². The van der Waals surface area contributed by atoms with Gasteiger partial charge in [-0.25, -0.2) is 0 Å². The van der Waals surface area contributed by atoms with Crippen LogP contribution in [0.25, 0.3) is 0 Å². The molecule has 0 saturated heterocycles. The summed E-state index contributed by atoms with van der Waals surface area (Å²) in [6.45, 7) is 6.59. The molecular weight excluding hydrogens is 188 g/mol. The summed E-state index contributed by atoms with van der Waals surface area (Å²) >= 11 is 0. The molecule has 3 heteroatoms. The third-order valence-corrected chi connectivity index (χ3v) is 3.57. The maximum Gasteiger partial charge on any atom is 0.0691 e. The van der Waals surface area contributed by atoms with Gasteiger partial charge in [-0.2, -0.15) is 0 Å². The van der Waals surface area contributed by atoms with E-state index in [0.717, 1.165) is 26.2 Å². The normalized spacial score (nSPS) is 19.2. The van der Waals surface area contributed by atoms with Crippen LogP contribution in [-0.2, 0) is 4.74 Å². The Morgan fingerprint density at radius 1 is 1.33 bits per heavy atom. The molecule has 3 nitrogen and oxygen atoms in total. The van der Waals surface area contributed by atoms with E-state index in [9.17, 15) is 0 Å². The van der Waals surface area contributed by atoms with Gasteiger partial charge in [0.1, 0.15) is 0 Å². The lowest BCUT2D eigenvalue weighted by atomic mass is 9.77. The number of nitrogens with zero attached hydrogens (tertiary/aromatic N) is 1. The SMILES string of the molecule is CCNCCN(C)CCC1(OC)CCC1. The Bertz CT molecular complexity index is 163. The Morgan fingerprint density at radius 3 is 2.53 bits per heavy atom. The van der Waals surface area contributed by atoms with Crippen molar-refractivity contribution in [1.29, 1.82) is 0 Å². The molecule has 90 valence electrons. The Kier molecular flexibility index (Phi) is 5.58. The van der Waals surface area contributed by atoms with Gasteiger partial charge in [-0.3, -0.25) is 0 Å². The molecule has 0 spiro atoms. The summed E-state index contributed by atoms with van der Waals surface area (Å²) in [6.07, 6.45) is 5.04. The number of nitrogens with one attached hydrogen (secondary N) is 1. The molecule has 0 atom stereocenters. The van der Waals surface area contributed by atoms with E-state index < -0.39 is 0 Å². The van der Waals surface area contributed by atoms with Crippen LogP contribution in [0.4, 0.5) is 0 Å². The molecule has 1 aliphatic rings. The minimum atomic E-state index is 0.229. The minimum absolute atomic E-state index is 0.229.